The minimum atomic E-state index is -0.543. The van der Waals surface area contributed by atoms with Crippen LogP contribution in [0.5, 0.6) is 5.75 Å². The lowest BCUT2D eigenvalue weighted by molar-refractivity contribution is -0.122. The molecule has 2 rings (SSSR count). The van der Waals surface area contributed by atoms with Gasteiger partial charge in [0, 0.05) is 5.69 Å². The number of anilines is 1. The van der Waals surface area contributed by atoms with Gasteiger partial charge in [-0.25, -0.2) is 0 Å². The van der Waals surface area contributed by atoms with Crippen LogP contribution in [0.15, 0.2) is 48.5 Å². The normalized spacial score (nSPS) is 11.8. The Morgan fingerprint density at radius 2 is 1.65 bits per heavy atom. The van der Waals surface area contributed by atoms with Gasteiger partial charge < -0.3 is 10.1 Å². The quantitative estimate of drug-likeness (QED) is 0.919. The summed E-state index contributed by atoms with van der Waals surface area (Å²) in [4.78, 5) is 12.1. The van der Waals surface area contributed by atoms with E-state index in [0.29, 0.717) is 5.75 Å². The second-order valence-electron chi connectivity index (χ2n) is 4.94. The van der Waals surface area contributed by atoms with Gasteiger partial charge in [0.2, 0.25) is 0 Å². The Hall–Kier alpha value is -2.29. The maximum Gasteiger partial charge on any atom is 0.265 e. The predicted octanol–water partition coefficient (Wildman–Crippen LogP) is 3.71. The van der Waals surface area contributed by atoms with Crippen molar-refractivity contribution in [2.45, 2.75) is 26.9 Å². The summed E-state index contributed by atoms with van der Waals surface area (Å²) in [6, 6.07) is 15.3. The van der Waals surface area contributed by atoms with Gasteiger partial charge in [-0.3, -0.25) is 4.79 Å². The summed E-state index contributed by atoms with van der Waals surface area (Å²) < 4.78 is 5.60. The minimum absolute atomic E-state index is 0.154. The van der Waals surface area contributed by atoms with E-state index in [-0.39, 0.29) is 5.91 Å². The second kappa shape index (κ2) is 6.24. The number of benzene rings is 2. The van der Waals surface area contributed by atoms with Gasteiger partial charge in [-0.05, 0) is 56.2 Å². The van der Waals surface area contributed by atoms with Gasteiger partial charge in [0.1, 0.15) is 5.75 Å². The summed E-state index contributed by atoms with van der Waals surface area (Å²) in [7, 11) is 0. The van der Waals surface area contributed by atoms with Gasteiger partial charge in [-0.2, -0.15) is 0 Å². The summed E-state index contributed by atoms with van der Waals surface area (Å²) in [5, 5.41) is 2.88. The van der Waals surface area contributed by atoms with E-state index in [4.69, 9.17) is 4.74 Å². The molecule has 0 fully saturated rings. The summed E-state index contributed by atoms with van der Waals surface area (Å²) in [6.45, 7) is 5.75. The Bertz CT molecular complexity index is 573. The number of hydrogen-bond donors (Lipinski definition) is 1. The lowest BCUT2D eigenvalue weighted by Gasteiger charge is -2.15. The van der Waals surface area contributed by atoms with E-state index >= 15 is 0 Å². The third kappa shape index (κ3) is 3.85. The third-order valence-corrected chi connectivity index (χ3v) is 2.91. The van der Waals surface area contributed by atoms with Crippen LogP contribution in [0.4, 0.5) is 5.69 Å². The van der Waals surface area contributed by atoms with Crippen molar-refractivity contribution in [3.63, 3.8) is 0 Å². The van der Waals surface area contributed by atoms with Gasteiger partial charge in [-0.15, -0.1) is 0 Å². The number of aryl methyl sites for hydroxylation is 2. The molecule has 0 unspecified atom stereocenters. The summed E-state index contributed by atoms with van der Waals surface area (Å²) in [6.07, 6.45) is -0.543. The van der Waals surface area contributed by atoms with E-state index in [9.17, 15) is 4.79 Å². The fraction of sp³-hybridized carbons (Fsp3) is 0.235. The van der Waals surface area contributed by atoms with Crippen molar-refractivity contribution >= 4 is 11.6 Å². The molecule has 2 aromatic carbocycles. The van der Waals surface area contributed by atoms with Crippen molar-refractivity contribution in [2.75, 3.05) is 5.32 Å². The molecule has 1 N–H and O–H groups in total. The van der Waals surface area contributed by atoms with Crippen molar-refractivity contribution in [1.82, 2.24) is 0 Å². The summed E-state index contributed by atoms with van der Waals surface area (Å²) >= 11 is 0. The Labute approximate surface area is 119 Å². The fourth-order valence-corrected chi connectivity index (χ4v) is 2.05. The minimum Gasteiger partial charge on any atom is -0.481 e. The molecule has 0 spiro atoms. The molecule has 3 nitrogen and oxygen atoms in total. The first-order chi connectivity index (χ1) is 9.54. The van der Waals surface area contributed by atoms with Crippen LogP contribution in [0.3, 0.4) is 0 Å². The van der Waals surface area contributed by atoms with Gasteiger partial charge in [0.15, 0.2) is 6.10 Å². The Morgan fingerprint density at radius 1 is 1.05 bits per heavy atom. The van der Waals surface area contributed by atoms with Gasteiger partial charge in [-0.1, -0.05) is 24.3 Å². The zero-order valence-electron chi connectivity index (χ0n) is 12.0. The summed E-state index contributed by atoms with van der Waals surface area (Å²) in [5.41, 5.74) is 3.05. The van der Waals surface area contributed by atoms with E-state index in [1.807, 2.05) is 56.3 Å². The number of ether oxygens (including phenoxy) is 1. The lowest BCUT2D eigenvalue weighted by Crippen LogP contribution is -2.30. The molecule has 0 aliphatic heterocycles. The molecular formula is C17H19NO2. The molecule has 0 saturated heterocycles. The molecule has 0 aliphatic rings. The van der Waals surface area contributed by atoms with Gasteiger partial charge >= 0.3 is 0 Å². The van der Waals surface area contributed by atoms with E-state index in [1.165, 1.54) is 0 Å². The maximum atomic E-state index is 12.1. The Kier molecular flexibility index (Phi) is 4.41. The first kappa shape index (κ1) is 14.1. The average Bonchev–Trinajstić information content (AvgIpc) is 2.38. The third-order valence-electron chi connectivity index (χ3n) is 2.91. The molecular weight excluding hydrogens is 250 g/mol. The van der Waals surface area contributed by atoms with Crippen LogP contribution in [0.25, 0.3) is 0 Å². The number of hydrogen-bond acceptors (Lipinski definition) is 2. The van der Waals surface area contributed by atoms with Crippen molar-refractivity contribution in [3.8, 4) is 5.75 Å². The van der Waals surface area contributed by atoms with Gasteiger partial charge in [0.05, 0.1) is 0 Å². The highest BCUT2D eigenvalue weighted by Crippen LogP contribution is 2.15. The second-order valence-corrected chi connectivity index (χ2v) is 4.94. The highest BCUT2D eigenvalue weighted by atomic mass is 16.5. The number of nitrogens with one attached hydrogen (secondary N) is 1. The predicted molar refractivity (Wildman–Crippen MR) is 81.1 cm³/mol. The molecule has 0 aliphatic carbocycles. The lowest BCUT2D eigenvalue weighted by atomic mass is 10.1. The van der Waals surface area contributed by atoms with Crippen molar-refractivity contribution in [3.05, 3.63) is 59.7 Å². The largest absolute Gasteiger partial charge is 0.481 e. The van der Waals surface area contributed by atoms with Crippen LogP contribution in [-0.2, 0) is 4.79 Å². The van der Waals surface area contributed by atoms with Crippen LogP contribution in [0, 0.1) is 13.8 Å². The molecule has 0 radical (unpaired) electrons. The van der Waals surface area contributed by atoms with Crippen LogP contribution in [0.1, 0.15) is 18.1 Å². The Balaban J connectivity index is 2.00. The number of carbonyl (C=O) groups is 1. The molecule has 20 heavy (non-hydrogen) atoms. The van der Waals surface area contributed by atoms with E-state index in [2.05, 4.69) is 11.4 Å². The standard InChI is InChI=1S/C17H19NO2/c1-12-9-13(2)11-15(10-12)18-17(19)14(3)20-16-7-5-4-6-8-16/h4-11,14H,1-3H3,(H,18,19)/t14-/m1/s1. The fourth-order valence-electron chi connectivity index (χ4n) is 2.05. The molecule has 0 bridgehead atoms. The topological polar surface area (TPSA) is 38.3 Å². The number of para-hydroxylation sites is 1. The van der Waals surface area contributed by atoms with Crippen LogP contribution in [0.2, 0.25) is 0 Å². The van der Waals surface area contributed by atoms with E-state index in [1.54, 1.807) is 6.92 Å². The van der Waals surface area contributed by atoms with Gasteiger partial charge in [0.25, 0.3) is 5.91 Å². The zero-order valence-corrected chi connectivity index (χ0v) is 12.0. The van der Waals surface area contributed by atoms with E-state index in [0.717, 1.165) is 16.8 Å². The van der Waals surface area contributed by atoms with Crippen LogP contribution >= 0.6 is 0 Å². The first-order valence-electron chi connectivity index (χ1n) is 6.65. The highest BCUT2D eigenvalue weighted by molar-refractivity contribution is 5.94. The highest BCUT2D eigenvalue weighted by Gasteiger charge is 2.14. The molecule has 0 aromatic heterocycles. The number of amides is 1. The molecule has 104 valence electrons. The SMILES string of the molecule is Cc1cc(C)cc(NC(=O)[C@@H](C)Oc2ccccc2)c1. The maximum absolute atomic E-state index is 12.1. The zero-order chi connectivity index (χ0) is 14.5. The first-order valence-corrected chi connectivity index (χ1v) is 6.65. The number of rotatable bonds is 4. The van der Waals surface area contributed by atoms with E-state index < -0.39 is 6.10 Å². The molecule has 0 heterocycles. The van der Waals surface area contributed by atoms with Crippen molar-refractivity contribution < 1.29 is 9.53 Å². The van der Waals surface area contributed by atoms with Crippen LogP contribution < -0.4 is 10.1 Å². The molecule has 0 saturated carbocycles. The summed E-state index contributed by atoms with van der Waals surface area (Å²) in [5.74, 6) is 0.537. The van der Waals surface area contributed by atoms with Crippen molar-refractivity contribution in [2.24, 2.45) is 0 Å². The Morgan fingerprint density at radius 3 is 2.25 bits per heavy atom. The molecule has 1 atom stereocenters. The van der Waals surface area contributed by atoms with Crippen molar-refractivity contribution in [1.29, 1.82) is 0 Å². The monoisotopic (exact) mass is 269 g/mol. The molecule has 2 aromatic rings. The average molecular weight is 269 g/mol. The molecule has 3 heteroatoms. The number of carbonyl (C=O) groups excluding carboxylic acids is 1. The smallest absolute Gasteiger partial charge is 0.265 e. The molecule has 1 amide bonds. The van der Waals surface area contributed by atoms with Crippen LogP contribution in [-0.4, -0.2) is 12.0 Å².